The lowest BCUT2D eigenvalue weighted by Crippen LogP contribution is -2.46. The molecule has 1 N–H and O–H groups in total. The molecule has 1 saturated heterocycles. The van der Waals surface area contributed by atoms with E-state index in [0.29, 0.717) is 24.5 Å². The summed E-state index contributed by atoms with van der Waals surface area (Å²) in [6, 6.07) is 15.1. The molecule has 0 unspecified atom stereocenters. The van der Waals surface area contributed by atoms with Crippen LogP contribution in [0.5, 0.6) is 5.75 Å². The van der Waals surface area contributed by atoms with Crippen LogP contribution in [0.4, 0.5) is 0 Å². The number of aliphatic carboxylic acids is 1. The molecular weight excluding hydrogens is 334 g/mol. The quantitative estimate of drug-likeness (QED) is 0.892. The number of carbonyl (C=O) groups is 2. The molecule has 1 amide bonds. The minimum Gasteiger partial charge on any atom is -0.496 e. The molecule has 3 rings (SSSR count). The van der Waals surface area contributed by atoms with Crippen molar-refractivity contribution in [2.45, 2.75) is 12.5 Å². The molecule has 6 heteroatoms. The van der Waals surface area contributed by atoms with Gasteiger partial charge in [-0.15, -0.1) is 0 Å². The van der Waals surface area contributed by atoms with Gasteiger partial charge in [-0.3, -0.25) is 9.59 Å². The summed E-state index contributed by atoms with van der Waals surface area (Å²) in [5.74, 6) is -0.373. The van der Waals surface area contributed by atoms with Gasteiger partial charge in [-0.25, -0.2) is 0 Å². The van der Waals surface area contributed by atoms with E-state index in [4.69, 9.17) is 14.6 Å². The molecule has 136 valence electrons. The highest BCUT2D eigenvalue weighted by Crippen LogP contribution is 2.31. The summed E-state index contributed by atoms with van der Waals surface area (Å²) in [4.78, 5) is 25.4. The number of rotatable bonds is 5. The molecule has 0 aliphatic carbocycles. The lowest BCUT2D eigenvalue weighted by Gasteiger charge is -2.32. The van der Waals surface area contributed by atoms with Crippen molar-refractivity contribution < 1.29 is 24.2 Å². The zero-order chi connectivity index (χ0) is 18.5. The van der Waals surface area contributed by atoms with E-state index in [0.717, 1.165) is 11.1 Å². The number of hydrogen-bond donors (Lipinski definition) is 1. The van der Waals surface area contributed by atoms with Crippen molar-refractivity contribution in [2.24, 2.45) is 0 Å². The normalized spacial score (nSPS) is 17.0. The van der Waals surface area contributed by atoms with E-state index in [-0.39, 0.29) is 18.9 Å². The number of nitrogens with zero attached hydrogens (tertiary/aromatic N) is 1. The summed E-state index contributed by atoms with van der Waals surface area (Å²) in [7, 11) is 1.60. The van der Waals surface area contributed by atoms with Crippen molar-refractivity contribution in [3.05, 3.63) is 54.1 Å². The highest BCUT2D eigenvalue weighted by Gasteiger charge is 2.27. The van der Waals surface area contributed by atoms with Gasteiger partial charge in [-0.1, -0.05) is 30.3 Å². The first-order valence-corrected chi connectivity index (χ1v) is 8.44. The molecule has 6 nitrogen and oxygen atoms in total. The van der Waals surface area contributed by atoms with Crippen LogP contribution in [0.1, 0.15) is 16.8 Å². The fraction of sp³-hybridized carbons (Fsp3) is 0.300. The van der Waals surface area contributed by atoms with Gasteiger partial charge < -0.3 is 19.5 Å². The number of hydrogen-bond acceptors (Lipinski definition) is 4. The van der Waals surface area contributed by atoms with E-state index >= 15 is 0 Å². The number of morpholine rings is 1. The summed E-state index contributed by atoms with van der Waals surface area (Å²) < 4.78 is 10.9. The van der Waals surface area contributed by atoms with Gasteiger partial charge >= 0.3 is 5.97 Å². The molecule has 1 atom stereocenters. The SMILES string of the molecule is COc1ccc(C(=O)N2CCO[C@H](CC(=O)O)C2)cc1-c1ccccc1. The highest BCUT2D eigenvalue weighted by molar-refractivity contribution is 5.96. The molecule has 1 aliphatic heterocycles. The average molecular weight is 355 g/mol. The first kappa shape index (κ1) is 17.9. The van der Waals surface area contributed by atoms with Gasteiger partial charge in [0.05, 0.1) is 26.2 Å². The molecule has 1 heterocycles. The Morgan fingerprint density at radius 3 is 2.69 bits per heavy atom. The zero-order valence-electron chi connectivity index (χ0n) is 14.6. The molecule has 0 radical (unpaired) electrons. The summed E-state index contributed by atoms with van der Waals surface area (Å²) >= 11 is 0. The van der Waals surface area contributed by atoms with Crippen LogP contribution in [0.15, 0.2) is 48.5 Å². The smallest absolute Gasteiger partial charge is 0.306 e. The monoisotopic (exact) mass is 355 g/mol. The number of benzene rings is 2. The van der Waals surface area contributed by atoms with Crippen LogP contribution in [0.25, 0.3) is 11.1 Å². The Labute approximate surface area is 152 Å². The molecule has 1 fully saturated rings. The Morgan fingerprint density at radius 1 is 1.23 bits per heavy atom. The van der Waals surface area contributed by atoms with E-state index in [1.54, 1.807) is 24.1 Å². The van der Waals surface area contributed by atoms with E-state index in [2.05, 4.69) is 0 Å². The van der Waals surface area contributed by atoms with Gasteiger partial charge in [-0.2, -0.15) is 0 Å². The molecule has 0 spiro atoms. The predicted octanol–water partition coefficient (Wildman–Crippen LogP) is 2.68. The number of carbonyl (C=O) groups excluding carboxylic acids is 1. The third-order valence-electron chi connectivity index (χ3n) is 4.36. The number of amides is 1. The van der Waals surface area contributed by atoms with Crippen molar-refractivity contribution in [1.82, 2.24) is 4.90 Å². The molecule has 0 bridgehead atoms. The maximum Gasteiger partial charge on any atom is 0.306 e. The van der Waals surface area contributed by atoms with Crippen molar-refractivity contribution in [3.8, 4) is 16.9 Å². The first-order chi connectivity index (χ1) is 12.6. The topological polar surface area (TPSA) is 76.1 Å². The summed E-state index contributed by atoms with van der Waals surface area (Å²) in [5, 5.41) is 8.93. The minimum absolute atomic E-state index is 0.109. The minimum atomic E-state index is -0.930. The standard InChI is InChI=1S/C20H21NO5/c1-25-18-8-7-15(11-17(18)14-5-3-2-4-6-14)20(24)21-9-10-26-16(13-21)12-19(22)23/h2-8,11,16H,9-10,12-13H2,1H3,(H,22,23)/t16-/m1/s1. The van der Waals surface area contributed by atoms with Crippen LogP contribution in [-0.4, -0.2) is 54.8 Å². The summed E-state index contributed by atoms with van der Waals surface area (Å²) in [5.41, 5.74) is 2.35. The van der Waals surface area contributed by atoms with Gasteiger partial charge in [0.2, 0.25) is 0 Å². The maximum absolute atomic E-state index is 12.9. The average Bonchev–Trinajstić information content (AvgIpc) is 2.67. The highest BCUT2D eigenvalue weighted by atomic mass is 16.5. The van der Waals surface area contributed by atoms with E-state index in [1.807, 2.05) is 36.4 Å². The zero-order valence-corrected chi connectivity index (χ0v) is 14.6. The molecule has 0 aromatic heterocycles. The third-order valence-corrected chi connectivity index (χ3v) is 4.36. The van der Waals surface area contributed by atoms with Crippen LogP contribution in [0.2, 0.25) is 0 Å². The summed E-state index contributed by atoms with van der Waals surface area (Å²) in [6.45, 7) is 1.06. The first-order valence-electron chi connectivity index (χ1n) is 8.44. The molecule has 2 aromatic carbocycles. The fourth-order valence-electron chi connectivity index (χ4n) is 3.09. The lowest BCUT2D eigenvalue weighted by molar-refractivity contribution is -0.141. The Kier molecular flexibility index (Phi) is 5.53. The van der Waals surface area contributed by atoms with Crippen LogP contribution in [0.3, 0.4) is 0 Å². The Bertz CT molecular complexity index is 790. The maximum atomic E-state index is 12.9. The van der Waals surface area contributed by atoms with Gasteiger partial charge in [0.1, 0.15) is 5.75 Å². The Hall–Kier alpha value is -2.86. The van der Waals surface area contributed by atoms with Crippen LogP contribution in [-0.2, 0) is 9.53 Å². The van der Waals surface area contributed by atoms with Crippen molar-refractivity contribution >= 4 is 11.9 Å². The van der Waals surface area contributed by atoms with E-state index < -0.39 is 12.1 Å². The van der Waals surface area contributed by atoms with Gasteiger partial charge in [0, 0.05) is 24.2 Å². The van der Waals surface area contributed by atoms with Crippen molar-refractivity contribution in [3.63, 3.8) is 0 Å². The van der Waals surface area contributed by atoms with Gasteiger partial charge in [-0.05, 0) is 23.8 Å². The van der Waals surface area contributed by atoms with Crippen molar-refractivity contribution in [2.75, 3.05) is 26.8 Å². The van der Waals surface area contributed by atoms with E-state index in [1.165, 1.54) is 0 Å². The predicted molar refractivity (Wildman–Crippen MR) is 96.3 cm³/mol. The molecule has 0 saturated carbocycles. The molecular formula is C20H21NO5. The second kappa shape index (κ2) is 8.01. The third kappa shape index (κ3) is 4.03. The number of carboxylic acid groups (broad SMARTS) is 1. The summed E-state index contributed by atoms with van der Waals surface area (Å²) in [6.07, 6.45) is -0.584. The number of ether oxygens (including phenoxy) is 2. The van der Waals surface area contributed by atoms with Crippen LogP contribution >= 0.6 is 0 Å². The van der Waals surface area contributed by atoms with Crippen molar-refractivity contribution in [1.29, 1.82) is 0 Å². The van der Waals surface area contributed by atoms with Crippen LogP contribution in [0, 0.1) is 0 Å². The largest absolute Gasteiger partial charge is 0.496 e. The number of carboxylic acids is 1. The molecule has 1 aliphatic rings. The molecule has 26 heavy (non-hydrogen) atoms. The molecule has 2 aromatic rings. The van der Waals surface area contributed by atoms with E-state index in [9.17, 15) is 9.59 Å². The lowest BCUT2D eigenvalue weighted by atomic mass is 10.0. The fourth-order valence-corrected chi connectivity index (χ4v) is 3.09. The van der Waals surface area contributed by atoms with Gasteiger partial charge in [0.25, 0.3) is 5.91 Å². The second-order valence-corrected chi connectivity index (χ2v) is 6.12. The van der Waals surface area contributed by atoms with Crippen LogP contribution < -0.4 is 4.74 Å². The number of methoxy groups -OCH3 is 1. The van der Waals surface area contributed by atoms with Gasteiger partial charge in [0.15, 0.2) is 0 Å². The Morgan fingerprint density at radius 2 is 2.00 bits per heavy atom. The Balaban J connectivity index is 1.84. The second-order valence-electron chi connectivity index (χ2n) is 6.12.